The summed E-state index contributed by atoms with van der Waals surface area (Å²) in [6, 6.07) is 5.10. The standard InChI is InChI=1S/C58H49F3N14O12S6/c1-4-28-52-71-33(18-90-52)46(80)66-30-13-39(78)56(85)87-15-24-7-5-10-29-40(24)22(2)41(64-29)57(86)93-21-37(68-48(82)34-19-91-53(30)72-34)54-69-32(16-89-54)43-27(51-70-36(17-88-51)49(83)75-42(23(3)76)50(84)65-28)12-38(77)44(74-43)55-73-35(20-92-55)47(81)67-31(45(62)79)14-63-26-9-6-8-25(11-26)58(59,60)61/h4-12,16-20,23,30-31,37,39,42,63-64,76-78H,13-15,21H2,1-3H3,(H2,62,79)(H,65,84)(H,66,80)(H,67,81)(H,68,82)(H,75,83)/b28-4-/t23-,30+,31?,37+,39-,42+/m1/s1. The van der Waals surface area contributed by atoms with Crippen molar-refractivity contribution in [3.63, 3.8) is 0 Å². The summed E-state index contributed by atoms with van der Waals surface area (Å²) in [6.07, 6.45) is -7.06. The number of aromatic amines is 1. The average Bonchev–Trinajstić information content (AvgIpc) is 1.67. The first-order valence-electron chi connectivity index (χ1n) is 27.6. The number of H-pyrrole nitrogens is 1. The molecule has 9 heterocycles. The highest BCUT2D eigenvalue weighted by atomic mass is 32.2. The predicted molar refractivity (Wildman–Crippen MR) is 339 cm³/mol. The monoisotopic (exact) mass is 1380 g/mol. The number of cyclic esters (lactones) is 1. The number of thioether (sulfide) groups is 1. The van der Waals surface area contributed by atoms with Crippen molar-refractivity contribution < 1.29 is 71.6 Å². The summed E-state index contributed by atoms with van der Waals surface area (Å²) >= 11 is 5.49. The number of nitrogens with one attached hydrogen (secondary N) is 7. The van der Waals surface area contributed by atoms with Crippen molar-refractivity contribution >= 4 is 137 Å². The summed E-state index contributed by atoms with van der Waals surface area (Å²) in [4.78, 5) is 142. The number of nitrogens with two attached hydrogens (primary N) is 1. The molecule has 0 aliphatic carbocycles. The van der Waals surface area contributed by atoms with Crippen molar-refractivity contribution in [2.45, 2.75) is 76.4 Å². The van der Waals surface area contributed by atoms with E-state index in [9.17, 15) is 66.8 Å². The molecule has 11 rings (SSSR count). The van der Waals surface area contributed by atoms with Crippen LogP contribution in [0, 0.1) is 6.92 Å². The lowest BCUT2D eigenvalue weighted by Gasteiger charge is -2.21. The molecule has 12 N–H and O–H groups in total. The minimum atomic E-state index is -4.66. The molecule has 0 saturated heterocycles. The van der Waals surface area contributed by atoms with Gasteiger partial charge >= 0.3 is 12.1 Å². The van der Waals surface area contributed by atoms with Crippen LogP contribution in [0.25, 0.3) is 49.3 Å². The second kappa shape index (κ2) is 27.1. The normalized spacial score (nSPS) is 18.9. The van der Waals surface area contributed by atoms with E-state index >= 15 is 0 Å². The fourth-order valence-corrected chi connectivity index (χ4v) is 14.8. The second-order valence-electron chi connectivity index (χ2n) is 20.8. The minimum Gasteiger partial charge on any atom is -0.506 e. The van der Waals surface area contributed by atoms with Gasteiger partial charge in [0.25, 0.3) is 23.6 Å². The zero-order valence-electron chi connectivity index (χ0n) is 48.2. The maximum absolute atomic E-state index is 14.6. The first-order valence-corrected chi connectivity index (χ1v) is 33.0. The summed E-state index contributed by atoms with van der Waals surface area (Å²) in [7, 11) is 0. The number of aromatic nitrogens is 7. The number of amides is 6. The molecule has 0 saturated carbocycles. The number of halogens is 3. The maximum atomic E-state index is 14.6. The largest absolute Gasteiger partial charge is 0.506 e. The fourth-order valence-electron chi connectivity index (χ4n) is 9.66. The SMILES string of the molecule is C/C=C1\NC(=O)[C@H]([C@@H](C)O)NC(=O)c2csc(n2)-c2cc(O)c(-c3nc(C(=O)NC(CNc4cccc(C(F)(F)F)c4)C(N)=O)cs3)nc2-c2csc(n2)[C@@H]2CSC(=O)c3[nH]c4cccc(c4c3C)COC(=O)[C@H](O)C[C@H](NC(=O)c3csc1n3)c1nc(cs1)C(=O)N2. The summed E-state index contributed by atoms with van der Waals surface area (Å²) in [6.45, 7) is 3.79. The number of aryl methyl sites for hydroxylation is 1. The van der Waals surface area contributed by atoms with Crippen LogP contribution in [0.2, 0.25) is 0 Å². The number of alkyl halides is 3. The van der Waals surface area contributed by atoms with Crippen molar-refractivity contribution in [2.75, 3.05) is 17.6 Å². The topological polar surface area (TPSA) is 398 Å². The van der Waals surface area contributed by atoms with E-state index in [-0.39, 0.29) is 99.9 Å². The number of aromatic hydroxyl groups is 1. The van der Waals surface area contributed by atoms with E-state index < -0.39 is 113 Å². The van der Waals surface area contributed by atoms with Gasteiger partial charge in [-0.25, -0.2) is 34.7 Å². The molecule has 0 radical (unpaired) electrons. The number of ether oxygens (including phenoxy) is 1. The molecule has 480 valence electrons. The number of carbonyl (C=O) groups is 8. The zero-order chi connectivity index (χ0) is 66.2. The number of esters is 1. The number of aliphatic hydroxyl groups excluding tert-OH is 2. The molecule has 9 aromatic rings. The molecule has 2 aromatic carbocycles. The number of hydrogen-bond acceptors (Lipinski definition) is 25. The highest BCUT2D eigenvalue weighted by molar-refractivity contribution is 8.14. The molecule has 0 spiro atoms. The average molecular weight is 1380 g/mol. The van der Waals surface area contributed by atoms with Gasteiger partial charge in [0.05, 0.1) is 35.1 Å². The third kappa shape index (κ3) is 14.2. The number of primary amides is 1. The van der Waals surface area contributed by atoms with Gasteiger partial charge in [-0.1, -0.05) is 36.0 Å². The van der Waals surface area contributed by atoms with Crippen LogP contribution < -0.4 is 37.6 Å². The molecule has 35 heteroatoms. The first kappa shape index (κ1) is 65.1. The number of pyridine rings is 1. The van der Waals surface area contributed by atoms with Crippen molar-refractivity contribution in [3.8, 4) is 38.4 Å². The van der Waals surface area contributed by atoms with Gasteiger partial charge in [0.2, 0.25) is 16.9 Å². The van der Waals surface area contributed by atoms with Crippen LogP contribution in [-0.4, -0.2) is 133 Å². The van der Waals surface area contributed by atoms with E-state index in [4.69, 9.17) is 20.4 Å². The fraction of sp³-hybridized carbons (Fsp3) is 0.241. The highest BCUT2D eigenvalue weighted by Crippen LogP contribution is 2.42. The quantitative estimate of drug-likeness (QED) is 0.0691. The number of fused-ring (bicyclic) bond motifs is 13. The van der Waals surface area contributed by atoms with Crippen molar-refractivity contribution in [3.05, 3.63) is 142 Å². The second-order valence-corrected chi connectivity index (χ2v) is 26.1. The van der Waals surface area contributed by atoms with Gasteiger partial charge in [-0.05, 0) is 62.2 Å². The lowest BCUT2D eigenvalue weighted by Crippen LogP contribution is -2.52. The third-order valence-corrected chi connectivity index (χ3v) is 19.9. The third-order valence-electron chi connectivity index (χ3n) is 14.4. The highest BCUT2D eigenvalue weighted by Gasteiger charge is 2.35. The number of benzene rings is 2. The first-order chi connectivity index (χ1) is 44.4. The van der Waals surface area contributed by atoms with E-state index in [2.05, 4.69) is 56.8 Å². The van der Waals surface area contributed by atoms with Crippen LogP contribution in [0.3, 0.4) is 0 Å². The van der Waals surface area contributed by atoms with Crippen LogP contribution in [0.1, 0.15) is 117 Å². The number of hydrogen-bond donors (Lipinski definition) is 11. The maximum Gasteiger partial charge on any atom is 0.416 e. The molecule has 6 amide bonds. The number of anilines is 1. The van der Waals surface area contributed by atoms with Crippen LogP contribution in [0.5, 0.6) is 5.75 Å². The zero-order valence-corrected chi connectivity index (χ0v) is 53.1. The Morgan fingerprint density at radius 1 is 0.796 bits per heavy atom. The number of thiazole rings is 5. The summed E-state index contributed by atoms with van der Waals surface area (Å²) in [5.41, 5.74) is 5.52. The Hall–Kier alpha value is -9.36. The van der Waals surface area contributed by atoms with Gasteiger partial charge < -0.3 is 62.7 Å². The van der Waals surface area contributed by atoms with Gasteiger partial charge in [-0.3, -0.25) is 33.6 Å². The molecule has 2 aliphatic heterocycles. The van der Waals surface area contributed by atoms with Gasteiger partial charge in [0, 0.05) is 67.8 Å². The summed E-state index contributed by atoms with van der Waals surface area (Å²) in [5.74, 6) is -7.10. The number of aliphatic hydroxyl groups is 2. The minimum absolute atomic E-state index is 0.00767. The molecule has 7 aromatic heterocycles. The number of carbonyl (C=O) groups excluding carboxylic acids is 8. The van der Waals surface area contributed by atoms with Gasteiger partial charge in [0.15, 0.2) is 6.10 Å². The summed E-state index contributed by atoms with van der Waals surface area (Å²) < 4.78 is 45.9. The Balaban J connectivity index is 0.997. The van der Waals surface area contributed by atoms with Gasteiger partial charge in [-0.15, -0.1) is 56.7 Å². The smallest absolute Gasteiger partial charge is 0.416 e. The molecular formula is C58H49F3N14O12S6. The van der Waals surface area contributed by atoms with E-state index in [0.717, 1.165) is 86.6 Å². The lowest BCUT2D eigenvalue weighted by molar-refractivity contribution is -0.155. The number of rotatable bonds is 8. The van der Waals surface area contributed by atoms with Crippen molar-refractivity contribution in [2.24, 2.45) is 5.73 Å². The Labute approximate surface area is 546 Å². The summed E-state index contributed by atoms with van der Waals surface area (Å²) in [5, 5.41) is 57.7. The predicted octanol–water partition coefficient (Wildman–Crippen LogP) is 6.87. The van der Waals surface area contributed by atoms with Crippen LogP contribution >= 0.6 is 68.4 Å². The van der Waals surface area contributed by atoms with Crippen LogP contribution in [-0.2, 0) is 31.9 Å². The Kier molecular flexibility index (Phi) is 19.0. The van der Waals surface area contributed by atoms with Crippen molar-refractivity contribution in [1.82, 2.24) is 61.5 Å². The Bertz CT molecular complexity index is 4500. The van der Waals surface area contributed by atoms with E-state index in [0.29, 0.717) is 22.0 Å². The van der Waals surface area contributed by atoms with Gasteiger partial charge in [0.1, 0.15) is 89.3 Å². The van der Waals surface area contributed by atoms with Gasteiger partial charge in [-0.2, -0.15) is 13.2 Å². The van der Waals surface area contributed by atoms with Crippen LogP contribution in [0.15, 0.2) is 81.5 Å². The Morgan fingerprint density at radius 3 is 2.16 bits per heavy atom. The molecule has 93 heavy (non-hydrogen) atoms. The number of nitrogens with zero attached hydrogens (tertiary/aromatic N) is 6. The van der Waals surface area contributed by atoms with Crippen LogP contribution in [0.4, 0.5) is 18.9 Å². The molecule has 12 bridgehead atoms. The molecule has 6 atom stereocenters. The number of allylic oxidation sites excluding steroid dienone is 1. The molecule has 26 nitrogen and oxygen atoms in total. The Morgan fingerprint density at radius 2 is 1.44 bits per heavy atom. The molecule has 2 aliphatic rings. The molecule has 1 unspecified atom stereocenters. The van der Waals surface area contributed by atoms with E-state index in [1.54, 1.807) is 37.4 Å². The molecular weight excluding hydrogens is 1330 g/mol. The van der Waals surface area contributed by atoms with Crippen molar-refractivity contribution in [1.29, 1.82) is 0 Å². The van der Waals surface area contributed by atoms with E-state index in [1.807, 2.05) is 0 Å². The molecule has 0 fully saturated rings. The van der Waals surface area contributed by atoms with E-state index in [1.165, 1.54) is 46.7 Å². The lowest BCUT2D eigenvalue weighted by atomic mass is 10.1.